The standard InChI is InChI=1S/C20H18N2O3/c21-15-6-10-17(11-7-15)25-18-12-8-16(9-13-18)22-19(20(23)24)14-4-2-1-3-5-14/h1-13,19,22H,21H2,(H,23,24). The summed E-state index contributed by atoms with van der Waals surface area (Å²) in [4.78, 5) is 11.5. The number of nitrogens with two attached hydrogens (primary N) is 1. The molecule has 0 fully saturated rings. The van der Waals surface area contributed by atoms with Crippen molar-refractivity contribution in [2.75, 3.05) is 11.1 Å². The van der Waals surface area contributed by atoms with Crippen molar-refractivity contribution in [2.24, 2.45) is 0 Å². The molecule has 3 aromatic carbocycles. The average molecular weight is 334 g/mol. The highest BCUT2D eigenvalue weighted by Gasteiger charge is 2.19. The highest BCUT2D eigenvalue weighted by Crippen LogP contribution is 2.26. The van der Waals surface area contributed by atoms with E-state index in [2.05, 4.69) is 5.32 Å². The lowest BCUT2D eigenvalue weighted by Crippen LogP contribution is -2.20. The summed E-state index contributed by atoms with van der Waals surface area (Å²) < 4.78 is 5.73. The second kappa shape index (κ2) is 7.40. The fourth-order valence-corrected chi connectivity index (χ4v) is 2.39. The van der Waals surface area contributed by atoms with Crippen molar-refractivity contribution in [2.45, 2.75) is 6.04 Å². The largest absolute Gasteiger partial charge is 0.479 e. The van der Waals surface area contributed by atoms with Crippen LogP contribution in [0.2, 0.25) is 0 Å². The monoisotopic (exact) mass is 334 g/mol. The summed E-state index contributed by atoms with van der Waals surface area (Å²) in [5.74, 6) is 0.401. The van der Waals surface area contributed by atoms with Crippen LogP contribution in [-0.2, 0) is 4.79 Å². The Bertz CT molecular complexity index is 831. The predicted molar refractivity (Wildman–Crippen MR) is 97.8 cm³/mol. The Hall–Kier alpha value is -3.47. The van der Waals surface area contributed by atoms with Crippen LogP contribution in [0.4, 0.5) is 11.4 Å². The van der Waals surface area contributed by atoms with Crippen molar-refractivity contribution in [3.63, 3.8) is 0 Å². The van der Waals surface area contributed by atoms with Gasteiger partial charge in [-0.05, 0) is 54.1 Å². The number of nitrogen functional groups attached to an aromatic ring is 1. The van der Waals surface area contributed by atoms with Crippen LogP contribution in [0.5, 0.6) is 11.5 Å². The summed E-state index contributed by atoms with van der Waals surface area (Å²) in [6.45, 7) is 0. The van der Waals surface area contributed by atoms with Gasteiger partial charge in [0.1, 0.15) is 11.5 Å². The first-order chi connectivity index (χ1) is 12.1. The molecule has 0 saturated carbocycles. The van der Waals surface area contributed by atoms with Crippen LogP contribution in [0.25, 0.3) is 0 Å². The van der Waals surface area contributed by atoms with E-state index in [-0.39, 0.29) is 0 Å². The smallest absolute Gasteiger partial charge is 0.330 e. The number of carbonyl (C=O) groups is 1. The van der Waals surface area contributed by atoms with Crippen LogP contribution in [-0.4, -0.2) is 11.1 Å². The summed E-state index contributed by atoms with van der Waals surface area (Å²) in [5.41, 5.74) is 7.71. The number of carboxylic acid groups (broad SMARTS) is 1. The lowest BCUT2D eigenvalue weighted by molar-refractivity contribution is -0.138. The molecule has 1 unspecified atom stereocenters. The lowest BCUT2D eigenvalue weighted by Gasteiger charge is -2.16. The molecule has 1 atom stereocenters. The van der Waals surface area contributed by atoms with Gasteiger partial charge in [0.25, 0.3) is 0 Å². The number of hydrogen-bond acceptors (Lipinski definition) is 4. The number of nitrogens with one attached hydrogen (secondary N) is 1. The molecule has 5 heteroatoms. The Morgan fingerprint density at radius 2 is 1.44 bits per heavy atom. The highest BCUT2D eigenvalue weighted by atomic mass is 16.5. The number of hydrogen-bond donors (Lipinski definition) is 3. The molecule has 0 bridgehead atoms. The van der Waals surface area contributed by atoms with E-state index in [1.54, 1.807) is 60.7 Å². The molecule has 0 radical (unpaired) electrons. The van der Waals surface area contributed by atoms with Crippen molar-refractivity contribution in [3.8, 4) is 11.5 Å². The first kappa shape index (κ1) is 16.4. The zero-order valence-electron chi connectivity index (χ0n) is 13.4. The van der Waals surface area contributed by atoms with Crippen LogP contribution in [0.3, 0.4) is 0 Å². The van der Waals surface area contributed by atoms with Crippen LogP contribution in [0, 0.1) is 0 Å². The van der Waals surface area contributed by atoms with Crippen molar-refractivity contribution in [3.05, 3.63) is 84.4 Å². The van der Waals surface area contributed by atoms with Crippen molar-refractivity contribution in [1.82, 2.24) is 0 Å². The first-order valence-corrected chi connectivity index (χ1v) is 7.79. The van der Waals surface area contributed by atoms with E-state index in [1.165, 1.54) is 0 Å². The minimum atomic E-state index is -0.937. The number of ether oxygens (including phenoxy) is 1. The molecule has 3 aromatic rings. The van der Waals surface area contributed by atoms with Gasteiger partial charge in [-0.25, -0.2) is 4.79 Å². The molecule has 0 aliphatic rings. The molecule has 0 aliphatic heterocycles. The van der Waals surface area contributed by atoms with Crippen LogP contribution < -0.4 is 15.8 Å². The maximum absolute atomic E-state index is 11.5. The van der Waals surface area contributed by atoms with E-state index in [0.717, 1.165) is 0 Å². The number of aliphatic carboxylic acids is 1. The van der Waals surface area contributed by atoms with Gasteiger partial charge < -0.3 is 20.9 Å². The fourth-order valence-electron chi connectivity index (χ4n) is 2.39. The molecule has 0 aromatic heterocycles. The second-order valence-electron chi connectivity index (χ2n) is 5.52. The molecule has 0 amide bonds. The topological polar surface area (TPSA) is 84.6 Å². The Kier molecular flexibility index (Phi) is 4.85. The van der Waals surface area contributed by atoms with Gasteiger partial charge in [0.2, 0.25) is 0 Å². The van der Waals surface area contributed by atoms with Gasteiger partial charge in [-0.15, -0.1) is 0 Å². The van der Waals surface area contributed by atoms with Crippen LogP contribution >= 0.6 is 0 Å². The Balaban J connectivity index is 1.71. The zero-order chi connectivity index (χ0) is 17.6. The number of carboxylic acids is 1. The van der Waals surface area contributed by atoms with Gasteiger partial charge in [-0.2, -0.15) is 0 Å². The molecule has 25 heavy (non-hydrogen) atoms. The highest BCUT2D eigenvalue weighted by molar-refractivity contribution is 5.79. The third kappa shape index (κ3) is 4.29. The normalized spacial score (nSPS) is 11.5. The maximum atomic E-state index is 11.5. The quantitative estimate of drug-likeness (QED) is 0.585. The summed E-state index contributed by atoms with van der Waals surface area (Å²) in [6, 6.07) is 22.5. The van der Waals surface area contributed by atoms with Crippen LogP contribution in [0.1, 0.15) is 11.6 Å². The van der Waals surface area contributed by atoms with Gasteiger partial charge in [0, 0.05) is 11.4 Å². The molecule has 0 aliphatic carbocycles. The molecule has 5 nitrogen and oxygen atoms in total. The minimum absolute atomic E-state index is 0.655. The van der Waals surface area contributed by atoms with Crippen molar-refractivity contribution in [1.29, 1.82) is 0 Å². The van der Waals surface area contributed by atoms with Gasteiger partial charge in [0.05, 0.1) is 0 Å². The van der Waals surface area contributed by atoms with Gasteiger partial charge in [-0.1, -0.05) is 30.3 Å². The minimum Gasteiger partial charge on any atom is -0.479 e. The van der Waals surface area contributed by atoms with Crippen LogP contribution in [0.15, 0.2) is 78.9 Å². The molecule has 0 spiro atoms. The van der Waals surface area contributed by atoms with E-state index in [0.29, 0.717) is 28.4 Å². The molecular formula is C20H18N2O3. The molecule has 4 N–H and O–H groups in total. The van der Waals surface area contributed by atoms with E-state index in [4.69, 9.17) is 10.5 Å². The number of rotatable bonds is 6. The lowest BCUT2D eigenvalue weighted by atomic mass is 10.1. The first-order valence-electron chi connectivity index (χ1n) is 7.79. The summed E-state index contributed by atoms with van der Waals surface area (Å²) in [7, 11) is 0. The second-order valence-corrected chi connectivity index (χ2v) is 5.52. The van der Waals surface area contributed by atoms with Gasteiger partial charge >= 0.3 is 5.97 Å². The fraction of sp³-hybridized carbons (Fsp3) is 0.0500. The van der Waals surface area contributed by atoms with E-state index < -0.39 is 12.0 Å². The van der Waals surface area contributed by atoms with E-state index in [9.17, 15) is 9.90 Å². The van der Waals surface area contributed by atoms with Crippen molar-refractivity contribution < 1.29 is 14.6 Å². The third-order valence-electron chi connectivity index (χ3n) is 3.66. The summed E-state index contributed by atoms with van der Waals surface area (Å²) in [5, 5.41) is 12.5. The molecule has 126 valence electrons. The summed E-state index contributed by atoms with van der Waals surface area (Å²) in [6.07, 6.45) is 0. The Morgan fingerprint density at radius 1 is 0.880 bits per heavy atom. The average Bonchev–Trinajstić information content (AvgIpc) is 2.63. The Labute approximate surface area is 145 Å². The number of anilines is 2. The van der Waals surface area contributed by atoms with Crippen molar-refractivity contribution >= 4 is 17.3 Å². The SMILES string of the molecule is Nc1ccc(Oc2ccc(NC(C(=O)O)c3ccccc3)cc2)cc1. The number of benzene rings is 3. The summed E-state index contributed by atoms with van der Waals surface area (Å²) >= 11 is 0. The maximum Gasteiger partial charge on any atom is 0.330 e. The molecule has 0 heterocycles. The van der Waals surface area contributed by atoms with Gasteiger partial charge in [0.15, 0.2) is 6.04 Å². The zero-order valence-corrected chi connectivity index (χ0v) is 13.4. The van der Waals surface area contributed by atoms with E-state index in [1.807, 2.05) is 18.2 Å². The van der Waals surface area contributed by atoms with E-state index >= 15 is 0 Å². The molecular weight excluding hydrogens is 316 g/mol. The predicted octanol–water partition coefficient (Wildman–Crippen LogP) is 4.30. The van der Waals surface area contributed by atoms with Gasteiger partial charge in [-0.3, -0.25) is 0 Å². The molecule has 0 saturated heterocycles. The third-order valence-corrected chi connectivity index (χ3v) is 3.66. The Morgan fingerprint density at radius 3 is 2.00 bits per heavy atom. The molecule has 3 rings (SSSR count).